The van der Waals surface area contributed by atoms with Crippen LogP contribution in [0.15, 0.2) is 60.1 Å². The van der Waals surface area contributed by atoms with E-state index in [0.717, 1.165) is 4.90 Å². The molecule has 0 saturated carbocycles. The van der Waals surface area contributed by atoms with E-state index < -0.39 is 40.3 Å². The first-order valence-electron chi connectivity index (χ1n) is 10.8. The molecule has 0 bridgehead atoms. The van der Waals surface area contributed by atoms with Gasteiger partial charge in [-0.05, 0) is 42.0 Å². The third-order valence-electron chi connectivity index (χ3n) is 6.30. The van der Waals surface area contributed by atoms with Crippen LogP contribution in [0.25, 0.3) is 0 Å². The Hall–Kier alpha value is -3.49. The summed E-state index contributed by atoms with van der Waals surface area (Å²) in [6, 6.07) is 9.37. The summed E-state index contributed by atoms with van der Waals surface area (Å²) in [5.41, 5.74) is -3.85. The molecule has 9 heteroatoms. The molecular formula is C25H24F3N3O3. The normalized spacial score (nSPS) is 22.1. The van der Waals surface area contributed by atoms with Crippen LogP contribution in [0.2, 0.25) is 0 Å². The number of alkyl halides is 3. The van der Waals surface area contributed by atoms with E-state index in [4.69, 9.17) is 0 Å². The predicted molar refractivity (Wildman–Crippen MR) is 117 cm³/mol. The van der Waals surface area contributed by atoms with Crippen molar-refractivity contribution in [1.82, 2.24) is 15.2 Å². The zero-order valence-corrected chi connectivity index (χ0v) is 19.0. The van der Waals surface area contributed by atoms with Gasteiger partial charge in [-0.15, -0.1) is 0 Å². The smallest absolute Gasteiger partial charge is 0.326 e. The third kappa shape index (κ3) is 3.78. The van der Waals surface area contributed by atoms with E-state index in [9.17, 15) is 27.6 Å². The molecule has 6 nitrogen and oxygen atoms in total. The zero-order valence-electron chi connectivity index (χ0n) is 19.0. The van der Waals surface area contributed by atoms with E-state index in [0.29, 0.717) is 11.1 Å². The topological polar surface area (TPSA) is 79.4 Å². The number of aryl methyl sites for hydroxylation is 1. The number of hydrogen-bond acceptors (Lipinski definition) is 4. The van der Waals surface area contributed by atoms with Gasteiger partial charge in [0.2, 0.25) is 5.54 Å². The lowest BCUT2D eigenvalue weighted by atomic mass is 9.72. The maximum absolute atomic E-state index is 14.8. The summed E-state index contributed by atoms with van der Waals surface area (Å²) in [7, 11) is 0. The number of nitrogens with zero attached hydrogens (tertiary/aromatic N) is 2. The van der Waals surface area contributed by atoms with Crippen molar-refractivity contribution in [1.29, 1.82) is 0 Å². The monoisotopic (exact) mass is 471 g/mol. The van der Waals surface area contributed by atoms with Crippen LogP contribution in [0.1, 0.15) is 48.2 Å². The number of rotatable bonds is 4. The highest BCUT2D eigenvalue weighted by Gasteiger charge is 2.71. The number of aromatic nitrogens is 1. The maximum atomic E-state index is 14.8. The molecule has 34 heavy (non-hydrogen) atoms. The van der Waals surface area contributed by atoms with Crippen molar-refractivity contribution in [2.75, 3.05) is 0 Å². The zero-order chi connectivity index (χ0) is 24.9. The molecule has 2 heterocycles. The van der Waals surface area contributed by atoms with Gasteiger partial charge in [-0.2, -0.15) is 13.2 Å². The summed E-state index contributed by atoms with van der Waals surface area (Å²) in [5, 5.41) is 1.96. The minimum absolute atomic E-state index is 0.00230. The van der Waals surface area contributed by atoms with Gasteiger partial charge in [0.1, 0.15) is 0 Å². The van der Waals surface area contributed by atoms with Crippen LogP contribution in [-0.4, -0.2) is 39.2 Å². The fraction of sp³-hybridized carbons (Fsp3) is 0.360. The molecule has 0 unspecified atom stereocenters. The van der Waals surface area contributed by atoms with E-state index in [1.807, 2.05) is 5.32 Å². The van der Waals surface area contributed by atoms with Gasteiger partial charge in [0.05, 0.1) is 12.1 Å². The Bertz CT molecular complexity index is 1200. The van der Waals surface area contributed by atoms with Crippen LogP contribution in [-0.2, 0) is 16.1 Å². The van der Waals surface area contributed by atoms with Crippen molar-refractivity contribution in [2.24, 2.45) is 5.41 Å². The van der Waals surface area contributed by atoms with Gasteiger partial charge in [0, 0.05) is 30.1 Å². The number of ketones is 1. The second kappa shape index (κ2) is 8.07. The summed E-state index contributed by atoms with van der Waals surface area (Å²) >= 11 is 0. The fourth-order valence-electron chi connectivity index (χ4n) is 4.73. The summed E-state index contributed by atoms with van der Waals surface area (Å²) in [6.45, 7) is 4.91. The molecule has 1 atom stereocenters. The summed E-state index contributed by atoms with van der Waals surface area (Å²) < 4.78 is 44.5. The molecule has 0 saturated heterocycles. The number of nitrogens with one attached hydrogen (secondary N) is 1. The standard InChI is InChI=1S/C25H24F3N3O3/c1-15-7-4-5-9-17(15)21(33)30-24(25(26,27)28)20-18(11-23(2,3)12-19(20)32)31(22(24)34)14-16-8-6-10-29-13-16/h4-10,13H,11-12,14H2,1-3H3,(H,30,33)/t24-/m0/s1. The van der Waals surface area contributed by atoms with Gasteiger partial charge < -0.3 is 10.2 Å². The molecule has 1 N–H and O–H groups in total. The molecule has 2 aliphatic rings. The van der Waals surface area contributed by atoms with Gasteiger partial charge in [-0.25, -0.2) is 0 Å². The number of allylic oxidation sites excluding steroid dienone is 1. The predicted octanol–water partition coefficient (Wildman–Crippen LogP) is 4.11. The third-order valence-corrected chi connectivity index (χ3v) is 6.30. The number of benzene rings is 1. The Morgan fingerprint density at radius 3 is 2.44 bits per heavy atom. The van der Waals surface area contributed by atoms with Gasteiger partial charge in [0.15, 0.2) is 5.78 Å². The highest BCUT2D eigenvalue weighted by atomic mass is 19.4. The van der Waals surface area contributed by atoms with Gasteiger partial charge in [0.25, 0.3) is 11.8 Å². The second-order valence-corrected chi connectivity index (χ2v) is 9.53. The second-order valence-electron chi connectivity index (χ2n) is 9.53. The Balaban J connectivity index is 1.89. The molecular weight excluding hydrogens is 447 g/mol. The van der Waals surface area contributed by atoms with Crippen molar-refractivity contribution in [2.45, 2.75) is 51.9 Å². The van der Waals surface area contributed by atoms with E-state index in [1.54, 1.807) is 45.0 Å². The summed E-state index contributed by atoms with van der Waals surface area (Å²) in [6.07, 6.45) is -2.38. The van der Waals surface area contributed by atoms with Crippen molar-refractivity contribution >= 4 is 17.6 Å². The number of pyridine rings is 1. The van der Waals surface area contributed by atoms with E-state index >= 15 is 0 Å². The SMILES string of the molecule is Cc1ccccc1C(=O)N[C@]1(C(F)(F)F)C(=O)N(Cc2cccnc2)C2=C1C(=O)CC(C)(C)C2. The van der Waals surface area contributed by atoms with Crippen LogP contribution < -0.4 is 5.32 Å². The van der Waals surface area contributed by atoms with Gasteiger partial charge in [-0.1, -0.05) is 38.1 Å². The van der Waals surface area contributed by atoms with E-state index in [-0.39, 0.29) is 30.6 Å². The largest absolute Gasteiger partial charge is 0.425 e. The number of amides is 2. The van der Waals surface area contributed by atoms with Crippen molar-refractivity contribution < 1.29 is 27.6 Å². The summed E-state index contributed by atoms with van der Waals surface area (Å²) in [4.78, 5) is 44.8. The molecule has 1 aromatic carbocycles. The van der Waals surface area contributed by atoms with Crippen LogP contribution in [0.4, 0.5) is 13.2 Å². The first-order chi connectivity index (χ1) is 15.9. The number of halogens is 3. The highest BCUT2D eigenvalue weighted by Crippen LogP contribution is 2.52. The number of carbonyl (C=O) groups is 3. The van der Waals surface area contributed by atoms with Crippen LogP contribution >= 0.6 is 0 Å². The number of carbonyl (C=O) groups excluding carboxylic acids is 3. The number of Topliss-reactive ketones (excluding diaryl/α,β-unsaturated/α-hetero) is 1. The van der Waals surface area contributed by atoms with Crippen LogP contribution in [0, 0.1) is 12.3 Å². The first kappa shape index (κ1) is 23.7. The molecule has 1 aliphatic carbocycles. The van der Waals surface area contributed by atoms with Crippen molar-refractivity contribution in [3.8, 4) is 0 Å². The quantitative estimate of drug-likeness (QED) is 0.728. The molecule has 178 valence electrons. The van der Waals surface area contributed by atoms with E-state index in [2.05, 4.69) is 4.98 Å². The molecule has 1 aliphatic heterocycles. The van der Waals surface area contributed by atoms with Crippen molar-refractivity contribution in [3.05, 3.63) is 76.8 Å². The lowest BCUT2D eigenvalue weighted by molar-refractivity contribution is -0.190. The highest BCUT2D eigenvalue weighted by molar-refractivity contribution is 6.14. The minimum Gasteiger partial charge on any atom is -0.326 e. The molecule has 1 aromatic heterocycles. The van der Waals surface area contributed by atoms with Crippen molar-refractivity contribution in [3.63, 3.8) is 0 Å². The molecule has 0 radical (unpaired) electrons. The van der Waals surface area contributed by atoms with Gasteiger partial charge in [-0.3, -0.25) is 19.4 Å². The molecule has 2 aromatic rings. The van der Waals surface area contributed by atoms with E-state index in [1.165, 1.54) is 24.5 Å². The van der Waals surface area contributed by atoms with Crippen LogP contribution in [0.5, 0.6) is 0 Å². The lowest BCUT2D eigenvalue weighted by Gasteiger charge is -2.35. The maximum Gasteiger partial charge on any atom is 0.425 e. The molecule has 4 rings (SSSR count). The Labute approximate surface area is 194 Å². The minimum atomic E-state index is -5.25. The lowest BCUT2D eigenvalue weighted by Crippen LogP contribution is -2.66. The molecule has 0 fully saturated rings. The first-order valence-corrected chi connectivity index (χ1v) is 10.8. The molecule has 0 spiro atoms. The van der Waals surface area contributed by atoms with Gasteiger partial charge >= 0.3 is 6.18 Å². The average Bonchev–Trinajstić information content (AvgIpc) is 2.97. The Kier molecular flexibility index (Phi) is 5.62. The molecule has 2 amide bonds. The fourth-order valence-corrected chi connectivity index (χ4v) is 4.73. The average molecular weight is 471 g/mol. The Morgan fingerprint density at radius 1 is 1.12 bits per heavy atom. The summed E-state index contributed by atoms with van der Waals surface area (Å²) in [5.74, 6) is -3.26. The van der Waals surface area contributed by atoms with Crippen LogP contribution in [0.3, 0.4) is 0 Å². The Morgan fingerprint density at radius 2 is 1.82 bits per heavy atom. The number of hydrogen-bond donors (Lipinski definition) is 1.